The average Bonchev–Trinajstić information content (AvgIpc) is 2.93. The van der Waals surface area contributed by atoms with Crippen molar-refractivity contribution in [2.24, 2.45) is 5.92 Å². The van der Waals surface area contributed by atoms with Crippen molar-refractivity contribution in [1.29, 1.82) is 0 Å². The lowest BCUT2D eigenvalue weighted by molar-refractivity contribution is -0.128. The second kappa shape index (κ2) is 7.78. The molecule has 1 aromatic rings. The predicted octanol–water partition coefficient (Wildman–Crippen LogP) is 3.42. The van der Waals surface area contributed by atoms with Gasteiger partial charge in [-0.3, -0.25) is 9.69 Å². The number of carbonyl (C=O) groups is 1. The Bertz CT molecular complexity index is 552. The lowest BCUT2D eigenvalue weighted by Crippen LogP contribution is -2.41. The summed E-state index contributed by atoms with van der Waals surface area (Å²) in [5.74, 6) is 1.01. The van der Waals surface area contributed by atoms with E-state index in [4.69, 9.17) is 0 Å². The number of piperidine rings is 1. The van der Waals surface area contributed by atoms with Gasteiger partial charge >= 0.3 is 0 Å². The van der Waals surface area contributed by atoms with E-state index in [1.807, 2.05) is 0 Å². The highest BCUT2D eigenvalue weighted by Gasteiger charge is 2.26. The van der Waals surface area contributed by atoms with E-state index in [0.29, 0.717) is 11.8 Å². The lowest BCUT2D eigenvalue weighted by Gasteiger charge is -2.34. The van der Waals surface area contributed by atoms with Crippen molar-refractivity contribution in [3.8, 4) is 0 Å². The van der Waals surface area contributed by atoms with Crippen molar-refractivity contribution in [1.82, 2.24) is 9.80 Å². The fourth-order valence-electron chi connectivity index (χ4n) is 3.88. The van der Waals surface area contributed by atoms with E-state index >= 15 is 0 Å². The van der Waals surface area contributed by atoms with Gasteiger partial charge in [0.25, 0.3) is 0 Å². The fourth-order valence-corrected chi connectivity index (χ4v) is 3.88. The van der Waals surface area contributed by atoms with Gasteiger partial charge in [0.2, 0.25) is 5.91 Å². The van der Waals surface area contributed by atoms with Gasteiger partial charge in [0.1, 0.15) is 0 Å². The molecule has 3 heteroatoms. The molecule has 124 valence electrons. The van der Waals surface area contributed by atoms with E-state index in [2.05, 4.69) is 53.1 Å². The number of amides is 1. The molecule has 2 heterocycles. The van der Waals surface area contributed by atoms with Crippen molar-refractivity contribution in [2.75, 3.05) is 32.7 Å². The van der Waals surface area contributed by atoms with Crippen LogP contribution in [0.25, 0.3) is 6.08 Å². The average molecular weight is 312 g/mol. The number of rotatable bonds is 5. The van der Waals surface area contributed by atoms with Crippen LogP contribution >= 0.6 is 0 Å². The van der Waals surface area contributed by atoms with Crippen LogP contribution in [-0.4, -0.2) is 48.4 Å². The fraction of sp³-hybridized carbons (Fsp3) is 0.550. The number of nitrogens with zero attached hydrogens (tertiary/aromatic N) is 2. The number of carbonyl (C=O) groups excluding carboxylic acids is 1. The third-order valence-electron chi connectivity index (χ3n) is 4.94. The Balaban J connectivity index is 1.52. The summed E-state index contributed by atoms with van der Waals surface area (Å²) in [6, 6.07) is 10.5. The van der Waals surface area contributed by atoms with Gasteiger partial charge in [-0.2, -0.15) is 0 Å². The zero-order chi connectivity index (χ0) is 16.1. The minimum atomic E-state index is 0.363. The monoisotopic (exact) mass is 312 g/mol. The van der Waals surface area contributed by atoms with Crippen molar-refractivity contribution in [2.45, 2.75) is 32.6 Å². The predicted molar refractivity (Wildman–Crippen MR) is 95.1 cm³/mol. The summed E-state index contributed by atoms with van der Waals surface area (Å²) in [7, 11) is 0. The van der Waals surface area contributed by atoms with Gasteiger partial charge in [-0.25, -0.2) is 0 Å². The Labute approximate surface area is 140 Å². The third-order valence-corrected chi connectivity index (χ3v) is 4.94. The summed E-state index contributed by atoms with van der Waals surface area (Å²) in [5, 5.41) is 0. The summed E-state index contributed by atoms with van der Waals surface area (Å²) in [6.45, 7) is 7.52. The first-order valence-corrected chi connectivity index (χ1v) is 8.93. The Morgan fingerprint density at radius 3 is 2.78 bits per heavy atom. The van der Waals surface area contributed by atoms with Gasteiger partial charge in [0.15, 0.2) is 0 Å². The Morgan fingerprint density at radius 1 is 1.22 bits per heavy atom. The van der Waals surface area contributed by atoms with Crippen molar-refractivity contribution < 1.29 is 4.79 Å². The first kappa shape index (κ1) is 16.3. The van der Waals surface area contributed by atoms with Gasteiger partial charge < -0.3 is 4.90 Å². The number of hydrogen-bond donors (Lipinski definition) is 0. The van der Waals surface area contributed by atoms with E-state index in [9.17, 15) is 4.79 Å². The summed E-state index contributed by atoms with van der Waals surface area (Å²) in [5.41, 5.74) is 2.69. The summed E-state index contributed by atoms with van der Waals surface area (Å²) in [6.07, 6.45) is 6.62. The molecule has 2 saturated heterocycles. The Kier molecular flexibility index (Phi) is 5.50. The second-order valence-electron chi connectivity index (χ2n) is 7.09. The van der Waals surface area contributed by atoms with Crippen LogP contribution < -0.4 is 0 Å². The maximum absolute atomic E-state index is 11.8. The minimum Gasteiger partial charge on any atom is -0.342 e. The van der Waals surface area contributed by atoms with E-state index < -0.39 is 0 Å². The number of likely N-dealkylation sites (tertiary alicyclic amines) is 2. The van der Waals surface area contributed by atoms with E-state index in [0.717, 1.165) is 39.0 Å². The van der Waals surface area contributed by atoms with Crippen LogP contribution in [-0.2, 0) is 4.79 Å². The summed E-state index contributed by atoms with van der Waals surface area (Å²) >= 11 is 0. The molecule has 0 bridgehead atoms. The lowest BCUT2D eigenvalue weighted by atomic mass is 9.97. The smallest absolute Gasteiger partial charge is 0.222 e. The second-order valence-corrected chi connectivity index (χ2v) is 7.09. The standard InChI is InChI=1S/C20H28N2O/c1-17(13-18-7-3-2-4-8-18)14-21-11-5-9-19(15-21)16-22-12-6-10-20(22)23/h2-4,7-8,13,19H,5-6,9-12,14-16H2,1H3/b17-13+/t19-/m1/s1. The highest BCUT2D eigenvalue weighted by Crippen LogP contribution is 2.21. The largest absolute Gasteiger partial charge is 0.342 e. The SMILES string of the molecule is C/C(=C\c1ccccc1)CN1CCC[C@@H](CN2CCCC2=O)C1. The van der Waals surface area contributed by atoms with Crippen LogP contribution in [0.5, 0.6) is 0 Å². The van der Waals surface area contributed by atoms with Crippen LogP contribution in [0, 0.1) is 5.92 Å². The van der Waals surface area contributed by atoms with Crippen molar-refractivity contribution in [3.05, 3.63) is 41.5 Å². The minimum absolute atomic E-state index is 0.363. The summed E-state index contributed by atoms with van der Waals surface area (Å²) < 4.78 is 0. The molecule has 2 aliphatic rings. The molecule has 0 radical (unpaired) electrons. The van der Waals surface area contributed by atoms with Crippen LogP contribution in [0.4, 0.5) is 0 Å². The normalized spacial score (nSPS) is 23.5. The zero-order valence-electron chi connectivity index (χ0n) is 14.2. The van der Waals surface area contributed by atoms with Crippen LogP contribution in [0.2, 0.25) is 0 Å². The third kappa shape index (κ3) is 4.68. The quantitative estimate of drug-likeness (QED) is 0.831. The molecule has 0 aliphatic carbocycles. The molecule has 1 aromatic carbocycles. The maximum Gasteiger partial charge on any atom is 0.222 e. The van der Waals surface area contributed by atoms with Crippen LogP contribution in [0.1, 0.15) is 38.2 Å². The molecule has 3 rings (SSSR count). The molecule has 0 unspecified atom stereocenters. The van der Waals surface area contributed by atoms with Gasteiger partial charge in [-0.05, 0) is 44.2 Å². The summed E-state index contributed by atoms with van der Waals surface area (Å²) in [4.78, 5) is 16.5. The molecule has 1 atom stereocenters. The van der Waals surface area contributed by atoms with Gasteiger partial charge in [-0.1, -0.05) is 42.0 Å². The topological polar surface area (TPSA) is 23.6 Å². The molecule has 0 aromatic heterocycles. The molecule has 3 nitrogen and oxygen atoms in total. The van der Waals surface area contributed by atoms with Crippen LogP contribution in [0.15, 0.2) is 35.9 Å². The molecule has 0 saturated carbocycles. The van der Waals surface area contributed by atoms with Crippen LogP contribution in [0.3, 0.4) is 0 Å². The Morgan fingerprint density at radius 2 is 2.04 bits per heavy atom. The van der Waals surface area contributed by atoms with E-state index in [1.54, 1.807) is 0 Å². The van der Waals surface area contributed by atoms with Gasteiger partial charge in [0, 0.05) is 32.6 Å². The first-order chi connectivity index (χ1) is 11.2. The maximum atomic E-state index is 11.8. The molecule has 1 amide bonds. The Hall–Kier alpha value is -1.61. The van der Waals surface area contributed by atoms with Crippen molar-refractivity contribution >= 4 is 12.0 Å². The molecule has 0 N–H and O–H groups in total. The highest BCUT2D eigenvalue weighted by atomic mass is 16.2. The first-order valence-electron chi connectivity index (χ1n) is 8.93. The highest BCUT2D eigenvalue weighted by molar-refractivity contribution is 5.78. The molecular weight excluding hydrogens is 284 g/mol. The van der Waals surface area contributed by atoms with Crippen molar-refractivity contribution in [3.63, 3.8) is 0 Å². The molecular formula is C20H28N2O. The molecule has 2 fully saturated rings. The molecule has 23 heavy (non-hydrogen) atoms. The van der Waals surface area contributed by atoms with E-state index in [-0.39, 0.29) is 0 Å². The number of benzene rings is 1. The zero-order valence-corrected chi connectivity index (χ0v) is 14.2. The van der Waals surface area contributed by atoms with Gasteiger partial charge in [0.05, 0.1) is 0 Å². The molecule has 0 spiro atoms. The molecule has 2 aliphatic heterocycles. The number of hydrogen-bond acceptors (Lipinski definition) is 2. The van der Waals surface area contributed by atoms with E-state index in [1.165, 1.54) is 30.5 Å². The van der Waals surface area contributed by atoms with Gasteiger partial charge in [-0.15, -0.1) is 0 Å².